The number of nitrogens with zero attached hydrogens (tertiary/aromatic N) is 1. The second-order valence-electron chi connectivity index (χ2n) is 2.72. The van der Waals surface area contributed by atoms with E-state index in [0.29, 0.717) is 13.0 Å². The molecule has 0 aromatic heterocycles. The number of hydrogen-bond acceptors (Lipinski definition) is 3. The molecule has 1 heterocycles. The highest BCUT2D eigenvalue weighted by Crippen LogP contribution is 2.11. The zero-order valence-corrected chi connectivity index (χ0v) is 6.86. The molecule has 1 unspecified atom stereocenters. The Morgan fingerprint density at radius 3 is 2.54 bits per heavy atom. The minimum absolute atomic E-state index is 0.450. The molecule has 74 valence electrons. The van der Waals surface area contributed by atoms with Gasteiger partial charge in [0.2, 0.25) is 0 Å². The molecule has 0 spiro atoms. The largest absolute Gasteiger partial charge is 0.465 e. The molecule has 7 nitrogen and oxygen atoms in total. The third-order valence-corrected chi connectivity index (χ3v) is 1.78. The van der Waals surface area contributed by atoms with Gasteiger partial charge in [-0.2, -0.15) is 5.01 Å². The molecule has 1 fully saturated rings. The van der Waals surface area contributed by atoms with Crippen LogP contribution in [-0.4, -0.2) is 40.1 Å². The standard InChI is InChI=1S/C6H11N3O4/c10-5(11)7-4-2-1-3-9(4)8-6(12)13/h4,7-8H,1-3H2,(H,10,11)(H,12,13). The minimum atomic E-state index is -1.18. The fourth-order valence-electron chi connectivity index (χ4n) is 1.32. The predicted octanol–water partition coefficient (Wildman–Crippen LogP) is -0.142. The van der Waals surface area contributed by atoms with Crippen LogP contribution in [0.1, 0.15) is 12.8 Å². The molecular weight excluding hydrogens is 178 g/mol. The SMILES string of the molecule is O=C(O)NC1CCCN1NC(=O)O. The molecule has 13 heavy (non-hydrogen) atoms. The zero-order chi connectivity index (χ0) is 9.84. The Morgan fingerprint density at radius 2 is 2.00 bits per heavy atom. The van der Waals surface area contributed by atoms with Crippen molar-refractivity contribution in [2.45, 2.75) is 19.0 Å². The summed E-state index contributed by atoms with van der Waals surface area (Å²) in [5, 5.41) is 20.4. The van der Waals surface area contributed by atoms with Gasteiger partial charge in [0.15, 0.2) is 0 Å². The molecule has 0 bridgehead atoms. The number of hydrogen-bond donors (Lipinski definition) is 4. The van der Waals surface area contributed by atoms with E-state index in [1.165, 1.54) is 5.01 Å². The van der Waals surface area contributed by atoms with Crippen molar-refractivity contribution in [2.24, 2.45) is 0 Å². The van der Waals surface area contributed by atoms with Gasteiger partial charge in [0.25, 0.3) is 0 Å². The van der Waals surface area contributed by atoms with Crippen molar-refractivity contribution < 1.29 is 19.8 Å². The first-order valence-corrected chi connectivity index (χ1v) is 3.85. The molecule has 4 N–H and O–H groups in total. The topological polar surface area (TPSA) is 102 Å². The average molecular weight is 189 g/mol. The van der Waals surface area contributed by atoms with Gasteiger partial charge in [0.05, 0.1) is 0 Å². The lowest BCUT2D eigenvalue weighted by molar-refractivity contribution is 0.113. The third-order valence-electron chi connectivity index (χ3n) is 1.78. The van der Waals surface area contributed by atoms with E-state index in [1.807, 2.05) is 0 Å². The highest BCUT2D eigenvalue weighted by Gasteiger charge is 2.26. The minimum Gasteiger partial charge on any atom is -0.465 e. The van der Waals surface area contributed by atoms with Crippen molar-refractivity contribution >= 4 is 12.2 Å². The fourth-order valence-corrected chi connectivity index (χ4v) is 1.32. The maximum Gasteiger partial charge on any atom is 0.419 e. The molecule has 0 aliphatic carbocycles. The quantitative estimate of drug-likeness (QED) is 0.484. The van der Waals surface area contributed by atoms with Gasteiger partial charge in [-0.3, -0.25) is 5.43 Å². The molecule has 0 aromatic rings. The summed E-state index contributed by atoms with van der Waals surface area (Å²) in [6.07, 6.45) is -1.39. The van der Waals surface area contributed by atoms with Gasteiger partial charge < -0.3 is 15.5 Å². The van der Waals surface area contributed by atoms with Crippen molar-refractivity contribution in [1.82, 2.24) is 15.8 Å². The van der Waals surface area contributed by atoms with Crippen LogP contribution < -0.4 is 10.7 Å². The van der Waals surface area contributed by atoms with E-state index in [2.05, 4.69) is 10.7 Å². The van der Waals surface area contributed by atoms with E-state index in [9.17, 15) is 9.59 Å². The van der Waals surface area contributed by atoms with Crippen molar-refractivity contribution in [3.05, 3.63) is 0 Å². The Kier molecular flexibility index (Phi) is 2.91. The average Bonchev–Trinajstić information content (AvgIpc) is 2.34. The van der Waals surface area contributed by atoms with Crippen molar-refractivity contribution in [3.63, 3.8) is 0 Å². The summed E-state index contributed by atoms with van der Waals surface area (Å²) in [5.41, 5.74) is 2.12. The van der Waals surface area contributed by atoms with Gasteiger partial charge in [-0.05, 0) is 12.8 Å². The van der Waals surface area contributed by atoms with Crippen molar-refractivity contribution in [1.29, 1.82) is 0 Å². The van der Waals surface area contributed by atoms with Crippen LogP contribution in [-0.2, 0) is 0 Å². The van der Waals surface area contributed by atoms with Crippen LogP contribution in [0.5, 0.6) is 0 Å². The molecule has 1 aliphatic rings. The lowest BCUT2D eigenvalue weighted by Crippen LogP contribution is -2.51. The molecular formula is C6H11N3O4. The first-order chi connectivity index (χ1) is 6.09. The number of carboxylic acid groups (broad SMARTS) is 2. The molecule has 1 atom stereocenters. The van der Waals surface area contributed by atoms with Crippen LogP contribution in [0, 0.1) is 0 Å². The maximum atomic E-state index is 10.3. The van der Waals surface area contributed by atoms with Gasteiger partial charge in [-0.25, -0.2) is 9.59 Å². The van der Waals surface area contributed by atoms with Gasteiger partial charge in [0.1, 0.15) is 6.17 Å². The van der Waals surface area contributed by atoms with E-state index < -0.39 is 18.4 Å². The molecule has 0 saturated carbocycles. The van der Waals surface area contributed by atoms with E-state index in [4.69, 9.17) is 10.2 Å². The maximum absolute atomic E-state index is 10.3. The normalized spacial score (nSPS) is 22.6. The first kappa shape index (κ1) is 9.59. The van der Waals surface area contributed by atoms with Crippen LogP contribution in [0.3, 0.4) is 0 Å². The van der Waals surface area contributed by atoms with Gasteiger partial charge in [0, 0.05) is 6.54 Å². The predicted molar refractivity (Wildman–Crippen MR) is 42.0 cm³/mol. The second kappa shape index (κ2) is 3.94. The van der Waals surface area contributed by atoms with Crippen molar-refractivity contribution in [3.8, 4) is 0 Å². The number of hydrazine groups is 1. The Bertz CT molecular complexity index is 198. The van der Waals surface area contributed by atoms with Crippen molar-refractivity contribution in [2.75, 3.05) is 6.54 Å². The van der Waals surface area contributed by atoms with E-state index >= 15 is 0 Å². The Labute approximate surface area is 74.3 Å². The summed E-state index contributed by atoms with van der Waals surface area (Å²) < 4.78 is 0. The van der Waals surface area contributed by atoms with Crippen LogP contribution in [0.2, 0.25) is 0 Å². The first-order valence-electron chi connectivity index (χ1n) is 3.85. The molecule has 0 radical (unpaired) electrons. The Hall–Kier alpha value is -1.50. The lowest BCUT2D eigenvalue weighted by Gasteiger charge is -2.22. The van der Waals surface area contributed by atoms with Gasteiger partial charge in [-0.15, -0.1) is 0 Å². The zero-order valence-electron chi connectivity index (χ0n) is 6.86. The molecule has 0 aromatic carbocycles. The molecule has 1 aliphatic heterocycles. The fraction of sp³-hybridized carbons (Fsp3) is 0.667. The Balaban J connectivity index is 2.43. The second-order valence-corrected chi connectivity index (χ2v) is 2.72. The van der Waals surface area contributed by atoms with Crippen LogP contribution in [0.15, 0.2) is 0 Å². The Morgan fingerprint density at radius 1 is 1.31 bits per heavy atom. The van der Waals surface area contributed by atoms with Gasteiger partial charge >= 0.3 is 12.2 Å². The number of nitrogens with one attached hydrogen (secondary N) is 2. The molecule has 7 heteroatoms. The van der Waals surface area contributed by atoms with Crippen LogP contribution in [0.4, 0.5) is 9.59 Å². The molecule has 1 rings (SSSR count). The van der Waals surface area contributed by atoms with E-state index in [0.717, 1.165) is 6.42 Å². The van der Waals surface area contributed by atoms with Crippen LogP contribution >= 0.6 is 0 Å². The summed E-state index contributed by atoms with van der Waals surface area (Å²) in [6, 6.07) is 0. The highest BCUT2D eigenvalue weighted by atomic mass is 16.4. The van der Waals surface area contributed by atoms with Gasteiger partial charge in [-0.1, -0.05) is 0 Å². The monoisotopic (exact) mass is 189 g/mol. The summed E-state index contributed by atoms with van der Waals surface area (Å²) in [4.78, 5) is 20.5. The number of amides is 2. The van der Waals surface area contributed by atoms with E-state index in [-0.39, 0.29) is 0 Å². The third kappa shape index (κ3) is 2.79. The molecule has 2 amide bonds. The van der Waals surface area contributed by atoms with E-state index in [1.54, 1.807) is 0 Å². The summed E-state index contributed by atoms with van der Waals surface area (Å²) >= 11 is 0. The smallest absolute Gasteiger partial charge is 0.419 e. The number of carbonyl (C=O) groups is 2. The van der Waals surface area contributed by atoms with Crippen LogP contribution in [0.25, 0.3) is 0 Å². The lowest BCUT2D eigenvalue weighted by atomic mass is 10.3. The highest BCUT2D eigenvalue weighted by molar-refractivity contribution is 5.65. The summed E-state index contributed by atoms with van der Waals surface area (Å²) in [6.45, 7) is 0.525. The summed E-state index contributed by atoms with van der Waals surface area (Å²) in [7, 11) is 0. The molecule has 1 saturated heterocycles. The number of rotatable bonds is 2. The summed E-state index contributed by atoms with van der Waals surface area (Å²) in [5.74, 6) is 0.